The van der Waals surface area contributed by atoms with Gasteiger partial charge in [0.05, 0.1) is 19.4 Å². The quantitative estimate of drug-likeness (QED) is 0.615. The number of halogens is 1. The Balaban J connectivity index is 2.36. The van der Waals surface area contributed by atoms with Crippen LogP contribution in [0.5, 0.6) is 0 Å². The number of benzene rings is 1. The number of amides is 1. The van der Waals surface area contributed by atoms with Crippen LogP contribution in [0.1, 0.15) is 23.0 Å². The molecule has 0 saturated carbocycles. The van der Waals surface area contributed by atoms with E-state index in [9.17, 15) is 14.4 Å². The lowest BCUT2D eigenvalue weighted by Crippen LogP contribution is -2.19. The average molecular weight is 400 g/mol. The summed E-state index contributed by atoms with van der Waals surface area (Å²) in [6.45, 7) is 1.86. The summed E-state index contributed by atoms with van der Waals surface area (Å²) in [4.78, 5) is 35.6. The second kappa shape index (κ2) is 7.56. The van der Waals surface area contributed by atoms with E-state index in [0.717, 1.165) is 9.17 Å². The van der Waals surface area contributed by atoms with Gasteiger partial charge in [-0.1, -0.05) is 15.9 Å². The number of nitrogens with one attached hydrogen (secondary N) is 1. The molecule has 0 unspecified atom stereocenters. The maximum Gasteiger partial charge on any atom is 0.350 e. The lowest BCUT2D eigenvalue weighted by atomic mass is 10.2. The Hall–Kier alpha value is -1.93. The highest BCUT2D eigenvalue weighted by molar-refractivity contribution is 9.10. The van der Waals surface area contributed by atoms with Gasteiger partial charge in [0.25, 0.3) is 0 Å². The topological polar surface area (TPSA) is 81.7 Å². The van der Waals surface area contributed by atoms with E-state index in [2.05, 4.69) is 21.2 Å². The molecule has 0 aliphatic rings. The number of rotatable bonds is 5. The van der Waals surface area contributed by atoms with Crippen LogP contribution in [-0.2, 0) is 19.1 Å². The Morgan fingerprint density at radius 3 is 2.70 bits per heavy atom. The van der Waals surface area contributed by atoms with Crippen LogP contribution in [0.4, 0.5) is 5.69 Å². The lowest BCUT2D eigenvalue weighted by molar-refractivity contribution is -0.145. The van der Waals surface area contributed by atoms with Gasteiger partial charge in [-0.25, -0.2) is 4.79 Å². The number of esters is 2. The Labute approximate surface area is 144 Å². The summed E-state index contributed by atoms with van der Waals surface area (Å²) in [5.41, 5.74) is 0.340. The highest BCUT2D eigenvalue weighted by atomic mass is 79.9. The molecule has 1 N–H and O–H groups in total. The molecule has 2 aromatic rings. The molecule has 1 amide bonds. The molecular weight excluding hydrogens is 386 g/mol. The van der Waals surface area contributed by atoms with Gasteiger partial charge < -0.3 is 14.8 Å². The van der Waals surface area contributed by atoms with Gasteiger partial charge in [0, 0.05) is 14.6 Å². The van der Waals surface area contributed by atoms with Crippen LogP contribution in [0.15, 0.2) is 22.7 Å². The fraction of sp³-hybridized carbons (Fsp3) is 0.267. The van der Waals surface area contributed by atoms with Crippen molar-refractivity contribution in [3.8, 4) is 0 Å². The van der Waals surface area contributed by atoms with Crippen LogP contribution in [-0.4, -0.2) is 31.6 Å². The van der Waals surface area contributed by atoms with E-state index >= 15 is 0 Å². The first-order valence-electron chi connectivity index (χ1n) is 6.72. The third-order valence-electron chi connectivity index (χ3n) is 2.90. The number of hydrogen-bond donors (Lipinski definition) is 1. The Bertz CT molecular complexity index is 771. The van der Waals surface area contributed by atoms with Crippen LogP contribution < -0.4 is 5.32 Å². The van der Waals surface area contributed by atoms with Crippen LogP contribution in [0, 0.1) is 0 Å². The molecule has 2 rings (SSSR count). The van der Waals surface area contributed by atoms with Crippen molar-refractivity contribution in [3.63, 3.8) is 0 Å². The summed E-state index contributed by atoms with van der Waals surface area (Å²) in [6.07, 6.45) is -0.417. The van der Waals surface area contributed by atoms with Crippen molar-refractivity contribution in [1.29, 1.82) is 0 Å². The van der Waals surface area contributed by atoms with Crippen molar-refractivity contribution in [2.45, 2.75) is 13.3 Å². The summed E-state index contributed by atoms with van der Waals surface area (Å²) in [6, 6.07) is 5.46. The molecule has 0 aliphatic carbocycles. The molecule has 8 heteroatoms. The number of carbonyl (C=O) groups is 3. The minimum absolute atomic E-state index is 0.202. The molecule has 1 aromatic heterocycles. The van der Waals surface area contributed by atoms with E-state index in [0.29, 0.717) is 11.1 Å². The molecule has 1 aromatic carbocycles. The highest BCUT2D eigenvalue weighted by Gasteiger charge is 2.22. The number of methoxy groups -OCH3 is 1. The maximum atomic E-state index is 12.0. The largest absolute Gasteiger partial charge is 0.466 e. The molecule has 1 heterocycles. The third kappa shape index (κ3) is 4.08. The number of thiophene rings is 1. The standard InChI is InChI=1S/C15H14BrNO5S/c1-3-22-12(19)7-11(18)17-13-9-6-8(16)4-5-10(9)23-14(13)15(20)21-2/h4-6H,3,7H2,1-2H3,(H,17,18). The van der Waals surface area contributed by atoms with Crippen LogP contribution >= 0.6 is 27.3 Å². The first-order chi connectivity index (χ1) is 11.0. The number of hydrogen-bond acceptors (Lipinski definition) is 6. The molecule has 23 heavy (non-hydrogen) atoms. The van der Waals surface area contributed by atoms with E-state index in [1.807, 2.05) is 12.1 Å². The second-order valence-electron chi connectivity index (χ2n) is 4.47. The first-order valence-corrected chi connectivity index (χ1v) is 8.33. The van der Waals surface area contributed by atoms with Crippen molar-refractivity contribution in [1.82, 2.24) is 0 Å². The lowest BCUT2D eigenvalue weighted by Gasteiger charge is -2.06. The molecule has 0 atom stereocenters. The van der Waals surface area contributed by atoms with E-state index in [-0.39, 0.29) is 11.5 Å². The summed E-state index contributed by atoms with van der Waals surface area (Å²) < 4.78 is 11.1. The van der Waals surface area contributed by atoms with Crippen molar-refractivity contribution in [3.05, 3.63) is 27.5 Å². The summed E-state index contributed by atoms with van der Waals surface area (Å²) in [5.74, 6) is -1.72. The zero-order valence-electron chi connectivity index (χ0n) is 12.5. The van der Waals surface area contributed by atoms with Gasteiger partial charge in [-0.3, -0.25) is 9.59 Å². The normalized spacial score (nSPS) is 10.4. The van der Waals surface area contributed by atoms with Crippen molar-refractivity contribution in [2.75, 3.05) is 19.0 Å². The average Bonchev–Trinajstić information content (AvgIpc) is 2.84. The molecule has 6 nitrogen and oxygen atoms in total. The van der Waals surface area contributed by atoms with Crippen LogP contribution in [0.3, 0.4) is 0 Å². The number of fused-ring (bicyclic) bond motifs is 1. The van der Waals surface area contributed by atoms with Gasteiger partial charge in [0.2, 0.25) is 5.91 Å². The number of carbonyl (C=O) groups excluding carboxylic acids is 3. The number of ether oxygens (including phenoxy) is 2. The Morgan fingerprint density at radius 2 is 2.04 bits per heavy atom. The minimum Gasteiger partial charge on any atom is -0.466 e. The zero-order chi connectivity index (χ0) is 17.0. The van der Waals surface area contributed by atoms with E-state index in [1.165, 1.54) is 18.4 Å². The molecule has 0 saturated heterocycles. The predicted molar refractivity (Wildman–Crippen MR) is 90.7 cm³/mol. The fourth-order valence-corrected chi connectivity index (χ4v) is 3.37. The first kappa shape index (κ1) is 17.4. The Morgan fingerprint density at radius 1 is 1.30 bits per heavy atom. The van der Waals surface area contributed by atoms with E-state index in [1.54, 1.807) is 13.0 Å². The van der Waals surface area contributed by atoms with Gasteiger partial charge >= 0.3 is 11.9 Å². The predicted octanol–water partition coefficient (Wildman–Crippen LogP) is 3.34. The van der Waals surface area contributed by atoms with Gasteiger partial charge in [-0.05, 0) is 25.1 Å². The summed E-state index contributed by atoms with van der Waals surface area (Å²) in [5, 5.41) is 3.31. The molecule has 0 spiro atoms. The van der Waals surface area contributed by atoms with Gasteiger partial charge in [-0.15, -0.1) is 11.3 Å². The van der Waals surface area contributed by atoms with Crippen molar-refractivity contribution >= 4 is 60.9 Å². The van der Waals surface area contributed by atoms with Gasteiger partial charge in [0.1, 0.15) is 11.3 Å². The van der Waals surface area contributed by atoms with Crippen LogP contribution in [0.2, 0.25) is 0 Å². The van der Waals surface area contributed by atoms with E-state index < -0.39 is 24.3 Å². The van der Waals surface area contributed by atoms with Gasteiger partial charge in [0.15, 0.2) is 0 Å². The molecule has 0 radical (unpaired) electrons. The number of anilines is 1. The van der Waals surface area contributed by atoms with Crippen LogP contribution in [0.25, 0.3) is 10.1 Å². The van der Waals surface area contributed by atoms with Crippen molar-refractivity contribution in [2.24, 2.45) is 0 Å². The smallest absolute Gasteiger partial charge is 0.350 e. The van der Waals surface area contributed by atoms with E-state index in [4.69, 9.17) is 9.47 Å². The summed E-state index contributed by atoms with van der Waals surface area (Å²) >= 11 is 4.57. The molecule has 122 valence electrons. The fourth-order valence-electron chi connectivity index (χ4n) is 1.96. The third-order valence-corrected chi connectivity index (χ3v) is 4.54. The molecule has 0 bridgehead atoms. The highest BCUT2D eigenvalue weighted by Crippen LogP contribution is 2.37. The minimum atomic E-state index is -0.620. The molecular formula is C15H14BrNO5S. The SMILES string of the molecule is CCOC(=O)CC(=O)Nc1c(C(=O)OC)sc2ccc(Br)cc12. The zero-order valence-corrected chi connectivity index (χ0v) is 14.9. The van der Waals surface area contributed by atoms with Crippen molar-refractivity contribution < 1.29 is 23.9 Å². The van der Waals surface area contributed by atoms with Gasteiger partial charge in [-0.2, -0.15) is 0 Å². The molecule has 0 aliphatic heterocycles. The Kier molecular flexibility index (Phi) is 5.73. The monoisotopic (exact) mass is 399 g/mol. The summed E-state index contributed by atoms with van der Waals surface area (Å²) in [7, 11) is 1.27. The second-order valence-corrected chi connectivity index (χ2v) is 6.44. The maximum absolute atomic E-state index is 12.0. The molecule has 0 fully saturated rings.